The number of benzene rings is 1. The average Bonchev–Trinajstić information content (AvgIpc) is 2.47. The van der Waals surface area contributed by atoms with Gasteiger partial charge in [0, 0.05) is 10.5 Å². The highest BCUT2D eigenvalue weighted by Crippen LogP contribution is 2.25. The molecule has 4 N–H and O–H groups in total. The number of pyridine rings is 1. The summed E-state index contributed by atoms with van der Waals surface area (Å²) in [4.78, 5) is 17.1. The number of hydrazine groups is 1. The lowest BCUT2D eigenvalue weighted by Crippen LogP contribution is -2.15. The van der Waals surface area contributed by atoms with Crippen LogP contribution in [0.2, 0.25) is 5.15 Å². The molecule has 0 bridgehead atoms. The number of halogens is 1. The molecule has 2 rings (SSSR count). The van der Waals surface area contributed by atoms with Gasteiger partial charge in [0.15, 0.2) is 0 Å². The van der Waals surface area contributed by atoms with Gasteiger partial charge < -0.3 is 10.7 Å². The second-order valence-corrected chi connectivity index (χ2v) is 5.10. The highest BCUT2D eigenvalue weighted by Gasteiger charge is 2.11. The molecular formula is C13H13ClN4OS. The summed E-state index contributed by atoms with van der Waals surface area (Å²) in [6.07, 6.45) is 1.95. The van der Waals surface area contributed by atoms with E-state index < -0.39 is 0 Å². The molecule has 20 heavy (non-hydrogen) atoms. The number of nitrogens with one attached hydrogen (secondary N) is 2. The Morgan fingerprint density at radius 2 is 2.10 bits per heavy atom. The number of rotatable bonds is 4. The molecule has 0 atom stereocenters. The molecule has 1 heterocycles. The van der Waals surface area contributed by atoms with E-state index in [0.29, 0.717) is 11.4 Å². The van der Waals surface area contributed by atoms with E-state index in [-0.39, 0.29) is 11.1 Å². The van der Waals surface area contributed by atoms with Gasteiger partial charge in [0.05, 0.1) is 5.69 Å². The van der Waals surface area contributed by atoms with E-state index in [1.165, 1.54) is 12.1 Å². The Labute approximate surface area is 125 Å². The Morgan fingerprint density at radius 3 is 2.80 bits per heavy atom. The Hall–Kier alpha value is -1.76. The third kappa shape index (κ3) is 3.41. The fourth-order valence-electron chi connectivity index (χ4n) is 1.64. The van der Waals surface area contributed by atoms with Crippen molar-refractivity contribution in [3.63, 3.8) is 0 Å². The van der Waals surface area contributed by atoms with E-state index in [1.54, 1.807) is 11.8 Å². The van der Waals surface area contributed by atoms with Crippen molar-refractivity contribution in [2.75, 3.05) is 17.0 Å². The molecule has 0 saturated heterocycles. The van der Waals surface area contributed by atoms with Gasteiger partial charge >= 0.3 is 0 Å². The van der Waals surface area contributed by atoms with E-state index in [1.807, 2.05) is 30.5 Å². The Bertz CT molecular complexity index is 636. The number of nitrogen functional groups attached to an aromatic ring is 1. The first-order valence-corrected chi connectivity index (χ1v) is 7.33. The van der Waals surface area contributed by atoms with Crippen LogP contribution >= 0.6 is 23.4 Å². The van der Waals surface area contributed by atoms with Crippen LogP contribution in [0.15, 0.2) is 41.3 Å². The number of anilines is 2. The van der Waals surface area contributed by atoms with Crippen LogP contribution in [-0.4, -0.2) is 17.1 Å². The van der Waals surface area contributed by atoms with Crippen molar-refractivity contribution in [2.24, 2.45) is 5.84 Å². The fraction of sp³-hybridized carbons (Fsp3) is 0.0769. The van der Waals surface area contributed by atoms with Crippen molar-refractivity contribution >= 4 is 40.8 Å². The number of thioether (sulfide) groups is 1. The van der Waals surface area contributed by atoms with Crippen LogP contribution in [0.1, 0.15) is 10.4 Å². The number of nitrogens with two attached hydrogens (primary N) is 1. The van der Waals surface area contributed by atoms with E-state index >= 15 is 0 Å². The molecule has 0 aliphatic rings. The van der Waals surface area contributed by atoms with E-state index in [9.17, 15) is 4.79 Å². The van der Waals surface area contributed by atoms with Gasteiger partial charge in [0.25, 0.3) is 5.91 Å². The monoisotopic (exact) mass is 308 g/mol. The lowest BCUT2D eigenvalue weighted by Gasteiger charge is -2.10. The molecule has 5 nitrogen and oxygen atoms in total. The summed E-state index contributed by atoms with van der Waals surface area (Å²) in [6, 6.07) is 10.6. The average molecular weight is 309 g/mol. The fourth-order valence-corrected chi connectivity index (χ4v) is 2.41. The van der Waals surface area contributed by atoms with Crippen molar-refractivity contribution in [3.05, 3.63) is 47.1 Å². The van der Waals surface area contributed by atoms with Crippen LogP contribution in [0.5, 0.6) is 0 Å². The van der Waals surface area contributed by atoms with Gasteiger partial charge in [0.1, 0.15) is 11.0 Å². The molecule has 104 valence electrons. The van der Waals surface area contributed by atoms with Gasteiger partial charge in [-0.3, -0.25) is 4.79 Å². The van der Waals surface area contributed by atoms with Crippen molar-refractivity contribution in [1.82, 2.24) is 4.98 Å². The number of hydrogen-bond acceptors (Lipinski definition) is 5. The van der Waals surface area contributed by atoms with Crippen LogP contribution in [-0.2, 0) is 0 Å². The number of hydrogen-bond donors (Lipinski definition) is 3. The zero-order valence-corrected chi connectivity index (χ0v) is 12.3. The van der Waals surface area contributed by atoms with Crippen LogP contribution < -0.4 is 16.6 Å². The van der Waals surface area contributed by atoms with E-state index in [4.69, 9.17) is 17.4 Å². The SMILES string of the molecule is CSc1ccccc1NC(=O)c1cc(Cl)nc(NN)c1. The van der Waals surface area contributed by atoms with Crippen molar-refractivity contribution in [1.29, 1.82) is 0 Å². The summed E-state index contributed by atoms with van der Waals surface area (Å²) < 4.78 is 0. The number of para-hydroxylation sites is 1. The maximum atomic E-state index is 12.2. The lowest BCUT2D eigenvalue weighted by atomic mass is 10.2. The minimum atomic E-state index is -0.271. The van der Waals surface area contributed by atoms with Crippen LogP contribution in [0, 0.1) is 0 Å². The van der Waals surface area contributed by atoms with Gasteiger partial charge in [-0.25, -0.2) is 10.8 Å². The molecule has 0 unspecified atom stereocenters. The number of amides is 1. The molecule has 1 aromatic carbocycles. The Morgan fingerprint density at radius 1 is 1.35 bits per heavy atom. The second-order valence-electron chi connectivity index (χ2n) is 3.86. The molecule has 0 radical (unpaired) electrons. The maximum absolute atomic E-state index is 12.2. The zero-order valence-electron chi connectivity index (χ0n) is 10.7. The third-order valence-corrected chi connectivity index (χ3v) is 3.55. The van der Waals surface area contributed by atoms with Gasteiger partial charge in [-0.1, -0.05) is 23.7 Å². The maximum Gasteiger partial charge on any atom is 0.255 e. The topological polar surface area (TPSA) is 80.0 Å². The lowest BCUT2D eigenvalue weighted by molar-refractivity contribution is 0.102. The summed E-state index contributed by atoms with van der Waals surface area (Å²) in [6.45, 7) is 0. The van der Waals surface area contributed by atoms with Crippen LogP contribution in [0.3, 0.4) is 0 Å². The molecule has 1 amide bonds. The number of carbonyl (C=O) groups excluding carboxylic acids is 1. The van der Waals surface area contributed by atoms with Crippen molar-refractivity contribution in [3.8, 4) is 0 Å². The first-order chi connectivity index (χ1) is 9.63. The highest BCUT2D eigenvalue weighted by molar-refractivity contribution is 7.98. The predicted molar refractivity (Wildman–Crippen MR) is 83.2 cm³/mol. The van der Waals surface area contributed by atoms with Gasteiger partial charge in [0.2, 0.25) is 0 Å². The molecule has 1 aromatic heterocycles. The van der Waals surface area contributed by atoms with E-state index in [2.05, 4.69) is 15.7 Å². The Balaban J connectivity index is 2.26. The van der Waals surface area contributed by atoms with Gasteiger partial charge in [-0.05, 0) is 30.5 Å². The van der Waals surface area contributed by atoms with E-state index in [0.717, 1.165) is 10.6 Å². The molecule has 7 heteroatoms. The molecule has 0 aliphatic heterocycles. The molecule has 0 saturated carbocycles. The number of aromatic nitrogens is 1. The predicted octanol–water partition coefficient (Wildman–Crippen LogP) is 2.99. The normalized spacial score (nSPS) is 10.2. The molecule has 0 aliphatic carbocycles. The Kier molecular flexibility index (Phi) is 4.84. The molecule has 0 spiro atoms. The first-order valence-electron chi connectivity index (χ1n) is 5.72. The van der Waals surface area contributed by atoms with Crippen molar-refractivity contribution in [2.45, 2.75) is 4.90 Å². The largest absolute Gasteiger partial charge is 0.321 e. The smallest absolute Gasteiger partial charge is 0.255 e. The standard InChI is InChI=1S/C13H13ClN4OS/c1-20-10-5-3-2-4-9(10)16-13(19)8-6-11(14)17-12(7-8)18-15/h2-7H,15H2,1H3,(H,16,19)(H,17,18). The van der Waals surface area contributed by atoms with Gasteiger partial charge in [-0.2, -0.15) is 0 Å². The zero-order chi connectivity index (χ0) is 14.5. The van der Waals surface area contributed by atoms with Crippen LogP contribution in [0.25, 0.3) is 0 Å². The second kappa shape index (κ2) is 6.60. The van der Waals surface area contributed by atoms with Crippen LogP contribution in [0.4, 0.5) is 11.5 Å². The first kappa shape index (κ1) is 14.6. The number of carbonyl (C=O) groups is 1. The van der Waals surface area contributed by atoms with Crippen molar-refractivity contribution < 1.29 is 4.79 Å². The highest BCUT2D eigenvalue weighted by atomic mass is 35.5. The summed E-state index contributed by atoms with van der Waals surface area (Å²) in [5.41, 5.74) is 3.50. The third-order valence-electron chi connectivity index (χ3n) is 2.56. The summed E-state index contributed by atoms with van der Waals surface area (Å²) >= 11 is 7.40. The molecule has 2 aromatic rings. The summed E-state index contributed by atoms with van der Waals surface area (Å²) in [7, 11) is 0. The summed E-state index contributed by atoms with van der Waals surface area (Å²) in [5, 5.41) is 3.04. The summed E-state index contributed by atoms with van der Waals surface area (Å²) in [5.74, 6) is 5.34. The quantitative estimate of drug-likeness (QED) is 0.350. The number of nitrogens with zero attached hydrogens (tertiary/aromatic N) is 1. The molecule has 0 fully saturated rings. The minimum Gasteiger partial charge on any atom is -0.321 e. The molecular weight excluding hydrogens is 296 g/mol. The minimum absolute atomic E-state index is 0.198. The van der Waals surface area contributed by atoms with Gasteiger partial charge in [-0.15, -0.1) is 11.8 Å².